The maximum absolute atomic E-state index is 12.2. The summed E-state index contributed by atoms with van der Waals surface area (Å²) in [5.74, 6) is -0.0225. The first-order chi connectivity index (χ1) is 10.2. The van der Waals surface area contributed by atoms with E-state index in [1.165, 1.54) is 16.9 Å². The Morgan fingerprint density at radius 3 is 2.71 bits per heavy atom. The van der Waals surface area contributed by atoms with E-state index in [0.29, 0.717) is 12.2 Å². The molecule has 0 unspecified atom stereocenters. The lowest BCUT2D eigenvalue weighted by molar-refractivity contribution is 0.0787. The summed E-state index contributed by atoms with van der Waals surface area (Å²) < 4.78 is 0. The normalized spacial score (nSPS) is 10.6. The molecule has 0 radical (unpaired) electrons. The van der Waals surface area contributed by atoms with Gasteiger partial charge in [-0.25, -0.2) is 4.98 Å². The number of rotatable bonds is 7. The van der Waals surface area contributed by atoms with Crippen LogP contribution in [0, 0.1) is 0 Å². The molecule has 1 aromatic carbocycles. The summed E-state index contributed by atoms with van der Waals surface area (Å²) in [4.78, 5) is 18.1. The Bertz CT molecular complexity index is 568. The number of nitrogens with zero attached hydrogens (tertiary/aromatic N) is 2. The van der Waals surface area contributed by atoms with Crippen LogP contribution in [0.2, 0.25) is 0 Å². The van der Waals surface area contributed by atoms with Gasteiger partial charge in [0, 0.05) is 25.5 Å². The Kier molecular flexibility index (Phi) is 5.90. The van der Waals surface area contributed by atoms with Crippen LogP contribution < -0.4 is 5.73 Å². The van der Waals surface area contributed by atoms with Crippen LogP contribution in [0.4, 0.5) is 0 Å². The standard InChI is InChI=1S/C16H21N3OS/c1-19(16(20)14-12-21-15(11-17)18-14)10-6-5-9-13-7-3-2-4-8-13/h2-4,7-8,12H,5-6,9-11,17H2,1H3. The zero-order valence-corrected chi connectivity index (χ0v) is 13.1. The molecule has 2 aromatic rings. The van der Waals surface area contributed by atoms with Crippen LogP contribution in [0.1, 0.15) is 33.9 Å². The molecule has 0 bridgehead atoms. The number of thiazole rings is 1. The van der Waals surface area contributed by atoms with Crippen molar-refractivity contribution < 1.29 is 4.79 Å². The summed E-state index contributed by atoms with van der Waals surface area (Å²) in [5, 5.41) is 2.58. The highest BCUT2D eigenvalue weighted by molar-refractivity contribution is 7.09. The number of carbonyl (C=O) groups is 1. The number of nitrogens with two attached hydrogens (primary N) is 1. The van der Waals surface area contributed by atoms with E-state index in [-0.39, 0.29) is 5.91 Å². The molecule has 112 valence electrons. The van der Waals surface area contributed by atoms with Gasteiger partial charge in [0.1, 0.15) is 10.7 Å². The number of hydrogen-bond acceptors (Lipinski definition) is 4. The Labute approximate surface area is 129 Å². The lowest BCUT2D eigenvalue weighted by atomic mass is 10.1. The Balaban J connectivity index is 1.74. The van der Waals surface area contributed by atoms with Gasteiger partial charge in [-0.15, -0.1) is 11.3 Å². The van der Waals surface area contributed by atoms with Crippen molar-refractivity contribution in [1.29, 1.82) is 0 Å². The minimum Gasteiger partial charge on any atom is -0.340 e. The summed E-state index contributed by atoms with van der Waals surface area (Å²) in [6.07, 6.45) is 3.12. The molecule has 2 rings (SSSR count). The van der Waals surface area contributed by atoms with Crippen LogP contribution in [0.15, 0.2) is 35.7 Å². The third-order valence-electron chi connectivity index (χ3n) is 3.34. The largest absolute Gasteiger partial charge is 0.340 e. The van der Waals surface area contributed by atoms with Gasteiger partial charge in [0.15, 0.2) is 0 Å². The predicted molar refractivity (Wildman–Crippen MR) is 86.3 cm³/mol. The first kappa shape index (κ1) is 15.7. The van der Waals surface area contributed by atoms with E-state index in [1.807, 2.05) is 13.1 Å². The molecule has 0 saturated heterocycles. The molecule has 1 aromatic heterocycles. The first-order valence-electron chi connectivity index (χ1n) is 7.14. The highest BCUT2D eigenvalue weighted by Crippen LogP contribution is 2.11. The fraction of sp³-hybridized carbons (Fsp3) is 0.375. The van der Waals surface area contributed by atoms with Crippen molar-refractivity contribution in [3.8, 4) is 0 Å². The molecule has 0 fully saturated rings. The number of amides is 1. The van der Waals surface area contributed by atoms with E-state index in [4.69, 9.17) is 5.73 Å². The molecule has 1 amide bonds. The second-order valence-electron chi connectivity index (χ2n) is 5.00. The van der Waals surface area contributed by atoms with Crippen molar-refractivity contribution in [3.05, 3.63) is 52.0 Å². The second-order valence-corrected chi connectivity index (χ2v) is 5.94. The lowest BCUT2D eigenvalue weighted by Gasteiger charge is -2.15. The van der Waals surface area contributed by atoms with Crippen LogP contribution in [-0.4, -0.2) is 29.4 Å². The van der Waals surface area contributed by atoms with E-state index >= 15 is 0 Å². The minimum atomic E-state index is -0.0225. The van der Waals surface area contributed by atoms with Gasteiger partial charge in [0.05, 0.1) is 0 Å². The van der Waals surface area contributed by atoms with E-state index in [0.717, 1.165) is 30.8 Å². The molecule has 0 aliphatic rings. The third kappa shape index (κ3) is 4.65. The molecule has 0 aliphatic heterocycles. The number of hydrogen-bond donors (Lipinski definition) is 1. The molecule has 0 saturated carbocycles. The molecule has 0 aliphatic carbocycles. The van der Waals surface area contributed by atoms with Gasteiger partial charge in [-0.1, -0.05) is 30.3 Å². The Hall–Kier alpha value is -1.72. The molecular formula is C16H21N3OS. The molecule has 2 N–H and O–H groups in total. The van der Waals surface area contributed by atoms with Gasteiger partial charge in [-0.05, 0) is 24.8 Å². The number of benzene rings is 1. The van der Waals surface area contributed by atoms with E-state index in [9.17, 15) is 4.79 Å². The molecule has 4 nitrogen and oxygen atoms in total. The highest BCUT2D eigenvalue weighted by atomic mass is 32.1. The van der Waals surface area contributed by atoms with Crippen molar-refractivity contribution in [2.45, 2.75) is 25.8 Å². The van der Waals surface area contributed by atoms with Crippen molar-refractivity contribution in [2.24, 2.45) is 5.73 Å². The number of aryl methyl sites for hydroxylation is 1. The quantitative estimate of drug-likeness (QED) is 0.800. The monoisotopic (exact) mass is 303 g/mol. The number of aromatic nitrogens is 1. The van der Waals surface area contributed by atoms with Crippen molar-refractivity contribution in [2.75, 3.05) is 13.6 Å². The zero-order valence-electron chi connectivity index (χ0n) is 12.3. The van der Waals surface area contributed by atoms with Crippen LogP contribution in [0.25, 0.3) is 0 Å². The van der Waals surface area contributed by atoms with Gasteiger partial charge >= 0.3 is 0 Å². The lowest BCUT2D eigenvalue weighted by Crippen LogP contribution is -2.28. The van der Waals surface area contributed by atoms with Crippen LogP contribution in [0.5, 0.6) is 0 Å². The molecule has 0 spiro atoms. The summed E-state index contributed by atoms with van der Waals surface area (Å²) in [6.45, 7) is 1.14. The first-order valence-corrected chi connectivity index (χ1v) is 8.02. The van der Waals surface area contributed by atoms with Crippen LogP contribution in [-0.2, 0) is 13.0 Å². The third-order valence-corrected chi connectivity index (χ3v) is 4.22. The zero-order chi connectivity index (χ0) is 15.1. The van der Waals surface area contributed by atoms with E-state index < -0.39 is 0 Å². The number of carbonyl (C=O) groups excluding carboxylic acids is 1. The maximum Gasteiger partial charge on any atom is 0.273 e. The summed E-state index contributed by atoms with van der Waals surface area (Å²) in [6, 6.07) is 10.4. The van der Waals surface area contributed by atoms with Crippen LogP contribution >= 0.6 is 11.3 Å². The summed E-state index contributed by atoms with van der Waals surface area (Å²) >= 11 is 1.44. The Morgan fingerprint density at radius 1 is 1.29 bits per heavy atom. The summed E-state index contributed by atoms with van der Waals surface area (Å²) in [5.41, 5.74) is 7.37. The maximum atomic E-state index is 12.2. The molecule has 0 atom stereocenters. The minimum absolute atomic E-state index is 0.0225. The van der Waals surface area contributed by atoms with Crippen LogP contribution in [0.3, 0.4) is 0 Å². The molecule has 21 heavy (non-hydrogen) atoms. The molecule has 5 heteroatoms. The number of unbranched alkanes of at least 4 members (excludes halogenated alkanes) is 1. The van der Waals surface area contributed by atoms with Crippen molar-refractivity contribution >= 4 is 17.2 Å². The van der Waals surface area contributed by atoms with E-state index in [1.54, 1.807) is 10.3 Å². The average molecular weight is 303 g/mol. The predicted octanol–water partition coefficient (Wildman–Crippen LogP) is 2.70. The van der Waals surface area contributed by atoms with E-state index in [2.05, 4.69) is 29.2 Å². The average Bonchev–Trinajstić information content (AvgIpc) is 3.00. The molecular weight excluding hydrogens is 282 g/mol. The van der Waals surface area contributed by atoms with Crippen molar-refractivity contribution in [3.63, 3.8) is 0 Å². The second kappa shape index (κ2) is 7.90. The van der Waals surface area contributed by atoms with Crippen molar-refractivity contribution in [1.82, 2.24) is 9.88 Å². The SMILES string of the molecule is CN(CCCCc1ccccc1)C(=O)c1csc(CN)n1. The fourth-order valence-electron chi connectivity index (χ4n) is 2.12. The smallest absolute Gasteiger partial charge is 0.273 e. The van der Waals surface area contributed by atoms with Gasteiger partial charge in [-0.3, -0.25) is 4.79 Å². The fourth-order valence-corrected chi connectivity index (χ4v) is 2.77. The summed E-state index contributed by atoms with van der Waals surface area (Å²) in [7, 11) is 1.83. The van der Waals surface area contributed by atoms with Gasteiger partial charge in [0.25, 0.3) is 5.91 Å². The Morgan fingerprint density at radius 2 is 2.05 bits per heavy atom. The van der Waals surface area contributed by atoms with Gasteiger partial charge < -0.3 is 10.6 Å². The highest BCUT2D eigenvalue weighted by Gasteiger charge is 2.14. The van der Waals surface area contributed by atoms with Gasteiger partial charge in [0.2, 0.25) is 0 Å². The molecule has 1 heterocycles. The topological polar surface area (TPSA) is 59.2 Å². The van der Waals surface area contributed by atoms with Gasteiger partial charge in [-0.2, -0.15) is 0 Å².